The number of benzene rings is 1. The van der Waals surface area contributed by atoms with E-state index in [1.807, 2.05) is 0 Å². The van der Waals surface area contributed by atoms with Gasteiger partial charge in [0.25, 0.3) is 10.1 Å². The van der Waals surface area contributed by atoms with Crippen LogP contribution in [0.1, 0.15) is 20.8 Å². The summed E-state index contributed by atoms with van der Waals surface area (Å²) in [6.45, 7) is 4.90. The first-order chi connectivity index (χ1) is 8.03. The Hall–Kier alpha value is -1.60. The molecule has 3 N–H and O–H groups in total. The zero-order valence-electron chi connectivity index (χ0n) is 10.3. The van der Waals surface area contributed by atoms with Gasteiger partial charge in [-0.15, -0.1) is 0 Å². The number of phenols is 1. The summed E-state index contributed by atoms with van der Waals surface area (Å²) in [4.78, 5) is 11.2. The lowest BCUT2D eigenvalue weighted by Gasteiger charge is -2.19. The largest absolute Gasteiger partial charge is 0.506 e. The van der Waals surface area contributed by atoms with Gasteiger partial charge in [-0.25, -0.2) is 0 Å². The monoisotopic (exact) mass is 273 g/mol. The number of carbonyl (C=O) groups is 1. The standard InChI is InChI=1S/C11H15NO5S/c1-11(2,3)10(14)12-9-7(13)5-4-6-8(9)18(15,16)17/h4-6,13H,1-3H3,(H,12,14)(H,15,16,17). The van der Waals surface area contributed by atoms with E-state index in [1.165, 1.54) is 12.1 Å². The maximum atomic E-state index is 11.8. The van der Waals surface area contributed by atoms with Gasteiger partial charge in [-0.2, -0.15) is 8.42 Å². The molecule has 0 spiro atoms. The van der Waals surface area contributed by atoms with Crippen LogP contribution in [0.4, 0.5) is 5.69 Å². The van der Waals surface area contributed by atoms with Crippen molar-refractivity contribution >= 4 is 21.7 Å². The average Bonchev–Trinajstić information content (AvgIpc) is 2.17. The molecule has 0 heterocycles. The fraction of sp³-hybridized carbons (Fsp3) is 0.364. The van der Waals surface area contributed by atoms with Crippen molar-refractivity contribution in [1.82, 2.24) is 0 Å². The normalized spacial score (nSPS) is 12.2. The van der Waals surface area contributed by atoms with Gasteiger partial charge in [0.05, 0.1) is 0 Å². The Labute approximate surface area is 105 Å². The number of anilines is 1. The Balaban J connectivity index is 3.29. The maximum absolute atomic E-state index is 11.8. The average molecular weight is 273 g/mol. The first-order valence-electron chi connectivity index (χ1n) is 5.14. The highest BCUT2D eigenvalue weighted by Gasteiger charge is 2.26. The van der Waals surface area contributed by atoms with Crippen LogP contribution in [-0.2, 0) is 14.9 Å². The highest BCUT2D eigenvalue weighted by molar-refractivity contribution is 7.86. The molecule has 100 valence electrons. The third kappa shape index (κ3) is 3.21. The Morgan fingerprint density at radius 1 is 1.28 bits per heavy atom. The van der Waals surface area contributed by atoms with E-state index in [9.17, 15) is 18.3 Å². The summed E-state index contributed by atoms with van der Waals surface area (Å²) in [5.41, 5.74) is -1.08. The van der Waals surface area contributed by atoms with Crippen LogP contribution in [0.3, 0.4) is 0 Å². The van der Waals surface area contributed by atoms with E-state index in [0.29, 0.717) is 0 Å². The molecule has 18 heavy (non-hydrogen) atoms. The first kappa shape index (κ1) is 14.5. The predicted molar refractivity (Wildman–Crippen MR) is 66.0 cm³/mol. The number of rotatable bonds is 2. The van der Waals surface area contributed by atoms with E-state index < -0.39 is 32.1 Å². The van der Waals surface area contributed by atoms with E-state index in [0.717, 1.165) is 6.07 Å². The molecule has 0 bridgehead atoms. The second-order valence-electron chi connectivity index (χ2n) is 4.83. The van der Waals surface area contributed by atoms with Crippen molar-refractivity contribution in [3.63, 3.8) is 0 Å². The molecule has 0 aromatic heterocycles. The number of carbonyl (C=O) groups excluding carboxylic acids is 1. The number of phenolic OH excluding ortho intramolecular Hbond substituents is 1. The molecule has 0 unspecified atom stereocenters. The van der Waals surface area contributed by atoms with Crippen molar-refractivity contribution < 1.29 is 22.9 Å². The topological polar surface area (TPSA) is 104 Å². The van der Waals surface area contributed by atoms with Gasteiger partial charge < -0.3 is 10.4 Å². The van der Waals surface area contributed by atoms with Crippen LogP contribution in [0, 0.1) is 5.41 Å². The summed E-state index contributed by atoms with van der Waals surface area (Å²) < 4.78 is 31.3. The quantitative estimate of drug-likeness (QED) is 0.561. The van der Waals surface area contributed by atoms with Crippen molar-refractivity contribution in [3.8, 4) is 5.75 Å². The second-order valence-corrected chi connectivity index (χ2v) is 6.22. The Bertz CT molecular complexity index is 572. The van der Waals surface area contributed by atoms with Crippen molar-refractivity contribution in [2.45, 2.75) is 25.7 Å². The van der Waals surface area contributed by atoms with Gasteiger partial charge in [0.15, 0.2) is 0 Å². The smallest absolute Gasteiger partial charge is 0.296 e. The zero-order chi connectivity index (χ0) is 14.1. The lowest BCUT2D eigenvalue weighted by molar-refractivity contribution is -0.123. The number of hydrogen-bond donors (Lipinski definition) is 3. The van der Waals surface area contributed by atoms with Gasteiger partial charge in [-0.3, -0.25) is 9.35 Å². The summed E-state index contributed by atoms with van der Waals surface area (Å²) in [5, 5.41) is 11.9. The van der Waals surface area contributed by atoms with Crippen molar-refractivity contribution in [3.05, 3.63) is 18.2 Å². The fourth-order valence-electron chi connectivity index (χ4n) is 1.16. The Morgan fingerprint density at radius 3 is 2.28 bits per heavy atom. The molecule has 1 amide bonds. The summed E-state index contributed by atoms with van der Waals surface area (Å²) in [7, 11) is -4.52. The van der Waals surface area contributed by atoms with Crippen LogP contribution in [0.5, 0.6) is 5.75 Å². The molecular weight excluding hydrogens is 258 g/mol. The van der Waals surface area contributed by atoms with Crippen LogP contribution in [0.15, 0.2) is 23.1 Å². The summed E-state index contributed by atoms with van der Waals surface area (Å²) >= 11 is 0. The predicted octanol–water partition coefficient (Wildman–Crippen LogP) is 1.62. The second kappa shape index (κ2) is 4.58. The molecule has 0 radical (unpaired) electrons. The van der Waals surface area contributed by atoms with Gasteiger partial charge in [0.1, 0.15) is 16.3 Å². The Morgan fingerprint density at radius 2 is 1.83 bits per heavy atom. The van der Waals surface area contributed by atoms with E-state index in [4.69, 9.17) is 4.55 Å². The zero-order valence-corrected chi connectivity index (χ0v) is 11.1. The van der Waals surface area contributed by atoms with Gasteiger partial charge in [0, 0.05) is 5.41 Å². The van der Waals surface area contributed by atoms with Gasteiger partial charge in [-0.05, 0) is 12.1 Å². The van der Waals surface area contributed by atoms with Crippen LogP contribution >= 0.6 is 0 Å². The molecular formula is C11H15NO5S. The molecule has 0 atom stereocenters. The molecule has 6 nitrogen and oxygen atoms in total. The summed E-state index contributed by atoms with van der Waals surface area (Å²) in [6, 6.07) is 3.56. The Kier molecular flexibility index (Phi) is 3.68. The minimum absolute atomic E-state index is 0.320. The van der Waals surface area contributed by atoms with E-state index in [1.54, 1.807) is 20.8 Å². The molecule has 1 rings (SSSR count). The molecule has 1 aromatic carbocycles. The molecule has 0 saturated carbocycles. The maximum Gasteiger partial charge on any atom is 0.296 e. The molecule has 0 aliphatic rings. The fourth-order valence-corrected chi connectivity index (χ4v) is 1.83. The molecule has 7 heteroatoms. The van der Waals surface area contributed by atoms with E-state index in [-0.39, 0.29) is 5.69 Å². The lowest BCUT2D eigenvalue weighted by atomic mass is 9.95. The number of amides is 1. The molecule has 1 aromatic rings. The van der Waals surface area contributed by atoms with Gasteiger partial charge in [-0.1, -0.05) is 26.8 Å². The molecule has 0 saturated heterocycles. The summed E-state index contributed by atoms with van der Waals surface area (Å²) in [5.74, 6) is -0.906. The van der Waals surface area contributed by atoms with Crippen LogP contribution in [0.2, 0.25) is 0 Å². The van der Waals surface area contributed by atoms with Gasteiger partial charge in [0.2, 0.25) is 5.91 Å². The third-order valence-corrected chi connectivity index (χ3v) is 3.10. The molecule has 0 fully saturated rings. The minimum atomic E-state index is -4.52. The van der Waals surface area contributed by atoms with E-state index in [2.05, 4.69) is 5.32 Å². The SMILES string of the molecule is CC(C)(C)C(=O)Nc1c(O)cccc1S(=O)(=O)O. The van der Waals surface area contributed by atoms with Gasteiger partial charge >= 0.3 is 0 Å². The molecule has 0 aliphatic carbocycles. The van der Waals surface area contributed by atoms with Crippen LogP contribution < -0.4 is 5.32 Å². The van der Waals surface area contributed by atoms with Crippen molar-refractivity contribution in [2.24, 2.45) is 5.41 Å². The number of nitrogens with one attached hydrogen (secondary N) is 1. The van der Waals surface area contributed by atoms with Crippen molar-refractivity contribution in [2.75, 3.05) is 5.32 Å². The molecule has 0 aliphatic heterocycles. The minimum Gasteiger partial charge on any atom is -0.506 e. The van der Waals surface area contributed by atoms with E-state index >= 15 is 0 Å². The number of hydrogen-bond acceptors (Lipinski definition) is 4. The first-order valence-corrected chi connectivity index (χ1v) is 6.58. The number of aromatic hydroxyl groups is 1. The van der Waals surface area contributed by atoms with Crippen LogP contribution in [-0.4, -0.2) is 24.0 Å². The number of para-hydroxylation sites is 1. The lowest BCUT2D eigenvalue weighted by Crippen LogP contribution is -2.28. The third-order valence-electron chi connectivity index (χ3n) is 2.20. The van der Waals surface area contributed by atoms with Crippen LogP contribution in [0.25, 0.3) is 0 Å². The summed E-state index contributed by atoms with van der Waals surface area (Å²) in [6.07, 6.45) is 0. The highest BCUT2D eigenvalue weighted by Crippen LogP contribution is 2.31. The highest BCUT2D eigenvalue weighted by atomic mass is 32.2. The van der Waals surface area contributed by atoms with Crippen molar-refractivity contribution in [1.29, 1.82) is 0 Å².